The van der Waals surface area contributed by atoms with E-state index in [-0.39, 0.29) is 18.6 Å². The van der Waals surface area contributed by atoms with E-state index in [0.717, 1.165) is 6.07 Å². The maximum atomic E-state index is 12.9. The Balaban J connectivity index is 2.88. The number of halogens is 2. The summed E-state index contributed by atoms with van der Waals surface area (Å²) in [6.45, 7) is 0.113. The molecular formula is C8H9F2NO2. The Kier molecular flexibility index (Phi) is 3.16. The first-order valence-electron chi connectivity index (χ1n) is 3.63. The maximum Gasteiger partial charge on any atom is 0.167 e. The number of benzene rings is 1. The predicted molar refractivity (Wildman–Crippen MR) is 41.9 cm³/mol. The van der Waals surface area contributed by atoms with Crippen LogP contribution in [0.25, 0.3) is 0 Å². The largest absolute Gasteiger partial charge is 0.505 e. The zero-order valence-electron chi connectivity index (χ0n) is 6.76. The third-order valence-electron chi connectivity index (χ3n) is 1.61. The number of aromatic hydroxyl groups is 1. The van der Waals surface area contributed by atoms with Crippen molar-refractivity contribution in [3.05, 3.63) is 29.3 Å². The zero-order chi connectivity index (χ0) is 9.84. The predicted octanol–water partition coefficient (Wildman–Crippen LogP) is 1.10. The van der Waals surface area contributed by atoms with Gasteiger partial charge in [0.2, 0.25) is 0 Å². The molecule has 1 rings (SSSR count). The molecule has 5 heteroatoms. The highest BCUT2D eigenvalue weighted by atomic mass is 19.1. The summed E-state index contributed by atoms with van der Waals surface area (Å²) in [6, 6.07) is 1.64. The number of rotatable bonds is 3. The van der Waals surface area contributed by atoms with Gasteiger partial charge in [-0.2, -0.15) is 0 Å². The van der Waals surface area contributed by atoms with E-state index >= 15 is 0 Å². The van der Waals surface area contributed by atoms with E-state index in [4.69, 9.17) is 11.0 Å². The Morgan fingerprint density at radius 1 is 1.31 bits per heavy atom. The van der Waals surface area contributed by atoms with E-state index in [1.54, 1.807) is 0 Å². The molecule has 13 heavy (non-hydrogen) atoms. The van der Waals surface area contributed by atoms with Crippen molar-refractivity contribution in [3.8, 4) is 5.75 Å². The van der Waals surface area contributed by atoms with Gasteiger partial charge in [-0.05, 0) is 11.6 Å². The van der Waals surface area contributed by atoms with Crippen LogP contribution in [0.15, 0.2) is 12.1 Å². The Hall–Kier alpha value is -1.20. The lowest BCUT2D eigenvalue weighted by Crippen LogP contribution is -2.05. The molecular weight excluding hydrogens is 180 g/mol. The van der Waals surface area contributed by atoms with Gasteiger partial charge in [0.15, 0.2) is 11.6 Å². The average molecular weight is 189 g/mol. The van der Waals surface area contributed by atoms with Crippen LogP contribution in [0.3, 0.4) is 0 Å². The van der Waals surface area contributed by atoms with Gasteiger partial charge >= 0.3 is 0 Å². The van der Waals surface area contributed by atoms with E-state index < -0.39 is 17.4 Å². The molecule has 72 valence electrons. The first kappa shape index (κ1) is 9.88. The number of phenolic OH excluding ortho intramolecular Hbond substituents is 1. The first-order valence-corrected chi connectivity index (χ1v) is 3.63. The number of nitrogens with two attached hydrogens (primary N) is 1. The molecule has 0 amide bonds. The molecule has 0 atom stereocenters. The zero-order valence-corrected chi connectivity index (χ0v) is 6.76. The molecule has 0 aliphatic rings. The Bertz CT molecular complexity index is 304. The summed E-state index contributed by atoms with van der Waals surface area (Å²) in [4.78, 5) is 4.23. The fourth-order valence-corrected chi connectivity index (χ4v) is 0.941. The molecule has 0 bridgehead atoms. The number of hydrogen-bond acceptors (Lipinski definition) is 3. The summed E-state index contributed by atoms with van der Waals surface area (Å²) in [5.41, 5.74) is 0.171. The molecule has 1 aromatic rings. The minimum atomic E-state index is -0.977. The second-order valence-corrected chi connectivity index (χ2v) is 2.52. The van der Waals surface area contributed by atoms with Crippen LogP contribution in [0.5, 0.6) is 5.75 Å². The molecule has 0 saturated carbocycles. The molecule has 0 unspecified atom stereocenters. The normalized spacial score (nSPS) is 10.4. The molecule has 3 nitrogen and oxygen atoms in total. The van der Waals surface area contributed by atoms with Crippen molar-refractivity contribution in [3.63, 3.8) is 0 Å². The van der Waals surface area contributed by atoms with Crippen LogP contribution < -0.4 is 5.90 Å². The third-order valence-corrected chi connectivity index (χ3v) is 1.61. The van der Waals surface area contributed by atoms with Crippen molar-refractivity contribution >= 4 is 0 Å². The summed E-state index contributed by atoms with van der Waals surface area (Å²) in [5, 5.41) is 8.91. The van der Waals surface area contributed by atoms with E-state index in [1.807, 2.05) is 0 Å². The van der Waals surface area contributed by atoms with Crippen LogP contribution in [0.4, 0.5) is 8.78 Å². The van der Waals surface area contributed by atoms with Gasteiger partial charge in [0.1, 0.15) is 5.82 Å². The van der Waals surface area contributed by atoms with Crippen LogP contribution in [0.2, 0.25) is 0 Å². The molecule has 0 aliphatic heterocycles. The molecule has 0 saturated heterocycles. The average Bonchev–Trinajstić information content (AvgIpc) is 2.09. The van der Waals surface area contributed by atoms with Gasteiger partial charge < -0.3 is 9.94 Å². The lowest BCUT2D eigenvalue weighted by molar-refractivity contribution is 0.140. The molecule has 0 aliphatic carbocycles. The summed E-state index contributed by atoms with van der Waals surface area (Å²) in [6.07, 6.45) is 0.191. The van der Waals surface area contributed by atoms with Gasteiger partial charge in [0.25, 0.3) is 0 Å². The Morgan fingerprint density at radius 2 is 2.00 bits per heavy atom. The standard InChI is InChI=1S/C8H9F2NO2/c9-6-4-7(10)8(12)3-5(6)1-2-13-11/h3-4,12H,1-2,11H2. The first-order chi connectivity index (χ1) is 6.15. The van der Waals surface area contributed by atoms with Gasteiger partial charge in [-0.1, -0.05) is 0 Å². The van der Waals surface area contributed by atoms with E-state index in [9.17, 15) is 8.78 Å². The third kappa shape index (κ3) is 2.37. The van der Waals surface area contributed by atoms with Crippen LogP contribution >= 0.6 is 0 Å². The summed E-state index contributed by atoms with van der Waals surface area (Å²) >= 11 is 0. The topological polar surface area (TPSA) is 55.5 Å². The molecule has 0 heterocycles. The van der Waals surface area contributed by atoms with Crippen molar-refractivity contribution in [2.45, 2.75) is 6.42 Å². The fourth-order valence-electron chi connectivity index (χ4n) is 0.941. The molecule has 0 radical (unpaired) electrons. The fraction of sp³-hybridized carbons (Fsp3) is 0.250. The van der Waals surface area contributed by atoms with Gasteiger partial charge in [-0.15, -0.1) is 0 Å². The highest BCUT2D eigenvalue weighted by molar-refractivity contribution is 5.30. The molecule has 0 aromatic heterocycles. The van der Waals surface area contributed by atoms with Gasteiger partial charge in [-0.3, -0.25) is 0 Å². The summed E-state index contributed by atoms with van der Waals surface area (Å²) < 4.78 is 25.4. The molecule has 1 aromatic carbocycles. The minimum absolute atomic E-state index is 0.113. The summed E-state index contributed by atoms with van der Waals surface area (Å²) in [5.74, 6) is 2.47. The highest BCUT2D eigenvalue weighted by Gasteiger charge is 2.08. The van der Waals surface area contributed by atoms with Crippen LogP contribution in [0, 0.1) is 11.6 Å². The Morgan fingerprint density at radius 3 is 2.62 bits per heavy atom. The van der Waals surface area contributed by atoms with E-state index in [1.165, 1.54) is 0 Å². The van der Waals surface area contributed by atoms with Crippen molar-refractivity contribution < 1.29 is 18.7 Å². The maximum absolute atomic E-state index is 12.9. The van der Waals surface area contributed by atoms with Crippen molar-refractivity contribution in [1.82, 2.24) is 0 Å². The van der Waals surface area contributed by atoms with E-state index in [0.29, 0.717) is 6.07 Å². The van der Waals surface area contributed by atoms with Crippen molar-refractivity contribution in [1.29, 1.82) is 0 Å². The Labute approximate surface area is 73.7 Å². The van der Waals surface area contributed by atoms with E-state index in [2.05, 4.69) is 4.84 Å². The molecule has 0 fully saturated rings. The van der Waals surface area contributed by atoms with Crippen LogP contribution in [-0.2, 0) is 11.3 Å². The van der Waals surface area contributed by atoms with Crippen LogP contribution in [0.1, 0.15) is 5.56 Å². The van der Waals surface area contributed by atoms with Gasteiger partial charge in [0, 0.05) is 12.5 Å². The number of phenols is 1. The summed E-state index contributed by atoms with van der Waals surface area (Å²) in [7, 11) is 0. The second-order valence-electron chi connectivity index (χ2n) is 2.52. The quantitative estimate of drug-likeness (QED) is 0.700. The smallest absolute Gasteiger partial charge is 0.167 e. The minimum Gasteiger partial charge on any atom is -0.505 e. The lowest BCUT2D eigenvalue weighted by atomic mass is 10.1. The monoisotopic (exact) mass is 189 g/mol. The van der Waals surface area contributed by atoms with Gasteiger partial charge in [-0.25, -0.2) is 14.7 Å². The van der Waals surface area contributed by atoms with Gasteiger partial charge in [0.05, 0.1) is 6.61 Å². The SMILES string of the molecule is NOCCc1cc(O)c(F)cc1F. The van der Waals surface area contributed by atoms with Crippen molar-refractivity contribution in [2.24, 2.45) is 5.90 Å². The molecule has 3 N–H and O–H groups in total. The molecule has 0 spiro atoms. The number of hydrogen-bond donors (Lipinski definition) is 2. The van der Waals surface area contributed by atoms with Crippen LogP contribution in [-0.4, -0.2) is 11.7 Å². The van der Waals surface area contributed by atoms with Crippen molar-refractivity contribution in [2.75, 3.05) is 6.61 Å². The second kappa shape index (κ2) is 4.15. The lowest BCUT2D eigenvalue weighted by Gasteiger charge is -2.03. The highest BCUT2D eigenvalue weighted by Crippen LogP contribution is 2.20.